The van der Waals surface area contributed by atoms with Crippen LogP contribution in [-0.4, -0.2) is 0 Å². The molecule has 0 radical (unpaired) electrons. The van der Waals surface area contributed by atoms with Gasteiger partial charge in [0.15, 0.2) is 0 Å². The second-order valence-electron chi connectivity index (χ2n) is 7.44. The summed E-state index contributed by atoms with van der Waals surface area (Å²) in [5.74, 6) is 6.57. The third-order valence-corrected chi connectivity index (χ3v) is 5.25. The Balaban J connectivity index is 2.23. The molecule has 112 valence electrons. The molecule has 2 heteroatoms. The predicted molar refractivity (Wildman–Crippen MR) is 86.5 cm³/mol. The summed E-state index contributed by atoms with van der Waals surface area (Å²) >= 11 is 0. The number of hydrogen-bond donors (Lipinski definition) is 2. The summed E-state index contributed by atoms with van der Waals surface area (Å²) in [6, 6.07) is 4.92. The van der Waals surface area contributed by atoms with Crippen LogP contribution in [0.1, 0.15) is 67.8 Å². The van der Waals surface area contributed by atoms with Gasteiger partial charge in [-0.1, -0.05) is 26.0 Å². The van der Waals surface area contributed by atoms with Gasteiger partial charge in [0.2, 0.25) is 0 Å². The highest BCUT2D eigenvalue weighted by Crippen LogP contribution is 2.43. The second-order valence-corrected chi connectivity index (χ2v) is 7.44. The maximum absolute atomic E-state index is 5.91. The summed E-state index contributed by atoms with van der Waals surface area (Å²) in [4.78, 5) is 0. The molecule has 3 N–H and O–H groups in total. The molecule has 0 spiro atoms. The summed E-state index contributed by atoms with van der Waals surface area (Å²) in [6.45, 7) is 11.3. The molecule has 2 rings (SSSR count). The third-order valence-electron chi connectivity index (χ3n) is 5.25. The maximum atomic E-state index is 5.91. The highest BCUT2D eigenvalue weighted by molar-refractivity contribution is 5.38. The van der Waals surface area contributed by atoms with Gasteiger partial charge in [-0.15, -0.1) is 0 Å². The standard InChI is InChI=1S/C18H30N2/c1-12-10-14(3)16(11-13(12)2)17(20-19)15-6-8-18(4,5)9-7-15/h10-11,15,17,20H,6-9,19H2,1-5H3. The molecule has 0 bridgehead atoms. The largest absolute Gasteiger partial charge is 0.271 e. The molecule has 20 heavy (non-hydrogen) atoms. The first-order valence-electron chi connectivity index (χ1n) is 7.88. The quantitative estimate of drug-likeness (QED) is 0.636. The Hall–Kier alpha value is -0.860. The highest BCUT2D eigenvalue weighted by atomic mass is 15.2. The lowest BCUT2D eigenvalue weighted by Crippen LogP contribution is -2.37. The average molecular weight is 274 g/mol. The summed E-state index contributed by atoms with van der Waals surface area (Å²) in [5, 5.41) is 0. The number of benzene rings is 1. The zero-order chi connectivity index (χ0) is 14.9. The number of nitrogens with one attached hydrogen (secondary N) is 1. The number of hydrogen-bond acceptors (Lipinski definition) is 2. The van der Waals surface area contributed by atoms with Crippen molar-refractivity contribution >= 4 is 0 Å². The maximum Gasteiger partial charge on any atom is 0.0490 e. The minimum absolute atomic E-state index is 0.297. The van der Waals surface area contributed by atoms with Crippen LogP contribution in [0.15, 0.2) is 12.1 Å². The molecular weight excluding hydrogens is 244 g/mol. The van der Waals surface area contributed by atoms with Gasteiger partial charge in [0.05, 0.1) is 0 Å². The van der Waals surface area contributed by atoms with Gasteiger partial charge in [0, 0.05) is 6.04 Å². The van der Waals surface area contributed by atoms with Crippen LogP contribution >= 0.6 is 0 Å². The molecule has 1 atom stereocenters. The summed E-state index contributed by atoms with van der Waals surface area (Å²) in [5.41, 5.74) is 9.09. The normalized spacial score (nSPS) is 20.9. The Morgan fingerprint density at radius 2 is 1.60 bits per heavy atom. The lowest BCUT2D eigenvalue weighted by atomic mass is 9.70. The number of aryl methyl sites for hydroxylation is 3. The van der Waals surface area contributed by atoms with E-state index in [2.05, 4.69) is 52.2 Å². The monoisotopic (exact) mass is 274 g/mol. The Labute approximate surface area is 124 Å². The van der Waals surface area contributed by atoms with Crippen molar-refractivity contribution in [3.8, 4) is 0 Å². The number of rotatable bonds is 3. The van der Waals surface area contributed by atoms with Crippen LogP contribution in [0.4, 0.5) is 0 Å². The van der Waals surface area contributed by atoms with E-state index in [0.29, 0.717) is 17.4 Å². The summed E-state index contributed by atoms with van der Waals surface area (Å²) in [6.07, 6.45) is 5.15. The van der Waals surface area contributed by atoms with Crippen molar-refractivity contribution in [1.82, 2.24) is 5.43 Å². The zero-order valence-corrected chi connectivity index (χ0v) is 13.7. The first kappa shape index (κ1) is 15.5. The SMILES string of the molecule is Cc1cc(C)c(C(NN)C2CCC(C)(C)CC2)cc1C. The van der Waals surface area contributed by atoms with Crippen molar-refractivity contribution in [3.63, 3.8) is 0 Å². The van der Waals surface area contributed by atoms with E-state index in [1.165, 1.54) is 47.9 Å². The van der Waals surface area contributed by atoms with Crippen molar-refractivity contribution < 1.29 is 0 Å². The fraction of sp³-hybridized carbons (Fsp3) is 0.667. The molecule has 1 aromatic rings. The molecule has 0 saturated heterocycles. The number of nitrogens with two attached hydrogens (primary N) is 1. The van der Waals surface area contributed by atoms with Crippen LogP contribution in [0, 0.1) is 32.1 Å². The first-order valence-corrected chi connectivity index (χ1v) is 7.88. The van der Waals surface area contributed by atoms with Crippen molar-refractivity contribution in [1.29, 1.82) is 0 Å². The zero-order valence-electron chi connectivity index (χ0n) is 13.7. The Bertz CT molecular complexity index is 467. The molecule has 1 saturated carbocycles. The van der Waals surface area contributed by atoms with Crippen LogP contribution in [0.5, 0.6) is 0 Å². The van der Waals surface area contributed by atoms with Gasteiger partial charge in [-0.2, -0.15) is 0 Å². The lowest BCUT2D eigenvalue weighted by molar-refractivity contribution is 0.161. The van der Waals surface area contributed by atoms with E-state index in [9.17, 15) is 0 Å². The van der Waals surface area contributed by atoms with E-state index in [1.54, 1.807) is 0 Å². The van der Waals surface area contributed by atoms with E-state index in [1.807, 2.05) is 0 Å². The lowest BCUT2D eigenvalue weighted by Gasteiger charge is -2.38. The molecule has 0 heterocycles. The number of hydrazine groups is 1. The first-order chi connectivity index (χ1) is 9.34. The second kappa shape index (κ2) is 5.87. The van der Waals surface area contributed by atoms with E-state index in [0.717, 1.165) is 0 Å². The molecule has 2 nitrogen and oxygen atoms in total. The third kappa shape index (κ3) is 3.24. The Kier molecular flexibility index (Phi) is 4.55. The van der Waals surface area contributed by atoms with Gasteiger partial charge < -0.3 is 0 Å². The summed E-state index contributed by atoms with van der Waals surface area (Å²) in [7, 11) is 0. The Morgan fingerprint density at radius 3 is 2.15 bits per heavy atom. The minimum Gasteiger partial charge on any atom is -0.271 e. The van der Waals surface area contributed by atoms with E-state index in [4.69, 9.17) is 5.84 Å². The van der Waals surface area contributed by atoms with Crippen molar-refractivity contribution in [2.75, 3.05) is 0 Å². The van der Waals surface area contributed by atoms with Crippen molar-refractivity contribution in [3.05, 3.63) is 34.4 Å². The van der Waals surface area contributed by atoms with Crippen LogP contribution in [0.2, 0.25) is 0 Å². The molecule has 1 aromatic carbocycles. The molecule has 0 aliphatic heterocycles. The topological polar surface area (TPSA) is 38.0 Å². The van der Waals surface area contributed by atoms with Crippen LogP contribution in [0.3, 0.4) is 0 Å². The van der Waals surface area contributed by atoms with Crippen molar-refractivity contribution in [2.24, 2.45) is 17.2 Å². The highest BCUT2D eigenvalue weighted by Gasteiger charge is 2.32. The average Bonchev–Trinajstić information content (AvgIpc) is 2.38. The molecule has 1 unspecified atom stereocenters. The van der Waals surface area contributed by atoms with E-state index >= 15 is 0 Å². The van der Waals surface area contributed by atoms with Crippen LogP contribution < -0.4 is 11.3 Å². The molecule has 1 aliphatic carbocycles. The van der Waals surface area contributed by atoms with Gasteiger partial charge in [0.1, 0.15) is 0 Å². The van der Waals surface area contributed by atoms with Gasteiger partial charge >= 0.3 is 0 Å². The molecule has 0 aromatic heterocycles. The van der Waals surface area contributed by atoms with Gasteiger partial charge in [0.25, 0.3) is 0 Å². The van der Waals surface area contributed by atoms with Crippen LogP contribution in [-0.2, 0) is 0 Å². The smallest absolute Gasteiger partial charge is 0.0490 e. The molecule has 0 amide bonds. The van der Waals surface area contributed by atoms with E-state index in [-0.39, 0.29) is 0 Å². The minimum atomic E-state index is 0.297. The summed E-state index contributed by atoms with van der Waals surface area (Å²) < 4.78 is 0. The fourth-order valence-corrected chi connectivity index (χ4v) is 3.55. The van der Waals surface area contributed by atoms with Gasteiger partial charge in [-0.3, -0.25) is 11.3 Å². The van der Waals surface area contributed by atoms with Gasteiger partial charge in [-0.05, 0) is 80.0 Å². The Morgan fingerprint density at radius 1 is 1.05 bits per heavy atom. The fourth-order valence-electron chi connectivity index (χ4n) is 3.55. The predicted octanol–water partition coefficient (Wildman–Crippen LogP) is 4.33. The van der Waals surface area contributed by atoms with Gasteiger partial charge in [-0.25, -0.2) is 0 Å². The van der Waals surface area contributed by atoms with E-state index < -0.39 is 0 Å². The van der Waals surface area contributed by atoms with Crippen molar-refractivity contribution in [2.45, 2.75) is 66.3 Å². The molecule has 1 aliphatic rings. The molecular formula is C18H30N2. The van der Waals surface area contributed by atoms with Crippen LogP contribution in [0.25, 0.3) is 0 Å². The molecule has 1 fully saturated rings.